The minimum atomic E-state index is -0.792. The topological polar surface area (TPSA) is 102 Å². The number of nitrogens with zero attached hydrogens (tertiary/aromatic N) is 1. The molecule has 2 amide bonds. The number of esters is 2. The molecular formula is C41H50N2O6. The van der Waals surface area contributed by atoms with Crippen LogP contribution in [0.1, 0.15) is 88.8 Å². The molecule has 0 aromatic heterocycles. The number of para-hydroxylation sites is 1. The second-order valence-corrected chi connectivity index (χ2v) is 14.7. The molecule has 0 saturated heterocycles. The molecule has 3 aromatic rings. The number of aryl methyl sites for hydroxylation is 2. The molecule has 1 heterocycles. The molecule has 0 radical (unpaired) electrons. The quantitative estimate of drug-likeness (QED) is 0.195. The van der Waals surface area contributed by atoms with E-state index in [4.69, 9.17) is 9.47 Å². The Bertz CT molecular complexity index is 1580. The zero-order valence-corrected chi connectivity index (χ0v) is 29.1. The van der Waals surface area contributed by atoms with E-state index in [-0.39, 0.29) is 48.7 Å². The van der Waals surface area contributed by atoms with Gasteiger partial charge in [-0.2, -0.15) is 0 Å². The molecule has 260 valence electrons. The number of fused-ring (bicyclic) bond motifs is 1. The molecule has 0 bridgehead atoms. The lowest BCUT2D eigenvalue weighted by molar-refractivity contribution is -0.162. The SMILES string of the molecule is CC(C)(C)OC(=O)C(CCc1ccccc1)CC1(CC(=O)NC2CCc3ccccc3N(CC(=O)OCc3ccccc3)C2=O)CCCC1. The predicted molar refractivity (Wildman–Crippen MR) is 190 cm³/mol. The van der Waals surface area contributed by atoms with Gasteiger partial charge in [-0.05, 0) is 93.9 Å². The lowest BCUT2D eigenvalue weighted by Crippen LogP contribution is -2.50. The van der Waals surface area contributed by atoms with Crippen LogP contribution in [0, 0.1) is 11.3 Å². The minimum absolute atomic E-state index is 0.112. The first-order valence-corrected chi connectivity index (χ1v) is 17.7. The van der Waals surface area contributed by atoms with Crippen LogP contribution in [0.3, 0.4) is 0 Å². The summed E-state index contributed by atoms with van der Waals surface area (Å²) in [6.07, 6.45) is 6.83. The third-order valence-corrected chi connectivity index (χ3v) is 9.66. The van der Waals surface area contributed by atoms with Crippen molar-refractivity contribution in [1.29, 1.82) is 0 Å². The van der Waals surface area contributed by atoms with Gasteiger partial charge in [0.05, 0.1) is 5.92 Å². The van der Waals surface area contributed by atoms with Crippen molar-refractivity contribution in [1.82, 2.24) is 5.32 Å². The summed E-state index contributed by atoms with van der Waals surface area (Å²) in [5.74, 6) is -1.63. The van der Waals surface area contributed by atoms with Crippen LogP contribution < -0.4 is 10.2 Å². The molecule has 5 rings (SSSR count). The summed E-state index contributed by atoms with van der Waals surface area (Å²) in [4.78, 5) is 55.9. The van der Waals surface area contributed by atoms with Gasteiger partial charge in [-0.25, -0.2) is 0 Å². The fraction of sp³-hybridized carbons (Fsp3) is 0.463. The van der Waals surface area contributed by atoms with Crippen LogP contribution in [-0.4, -0.2) is 41.9 Å². The van der Waals surface area contributed by atoms with Crippen LogP contribution in [0.4, 0.5) is 5.69 Å². The number of ether oxygens (including phenoxy) is 2. The summed E-state index contributed by atoms with van der Waals surface area (Å²) in [6.45, 7) is 5.50. The fourth-order valence-electron chi connectivity index (χ4n) is 7.29. The third kappa shape index (κ3) is 10.3. The third-order valence-electron chi connectivity index (χ3n) is 9.66. The molecule has 8 heteroatoms. The van der Waals surface area contributed by atoms with Gasteiger partial charge in [-0.1, -0.05) is 91.7 Å². The maximum Gasteiger partial charge on any atom is 0.326 e. The van der Waals surface area contributed by atoms with Gasteiger partial charge >= 0.3 is 11.9 Å². The van der Waals surface area contributed by atoms with Gasteiger partial charge in [0.15, 0.2) is 0 Å². The predicted octanol–water partition coefficient (Wildman–Crippen LogP) is 7.13. The first-order chi connectivity index (χ1) is 23.5. The molecule has 2 atom stereocenters. The highest BCUT2D eigenvalue weighted by Crippen LogP contribution is 2.47. The number of hydrogen-bond donors (Lipinski definition) is 1. The lowest BCUT2D eigenvalue weighted by Gasteiger charge is -2.34. The fourth-order valence-corrected chi connectivity index (χ4v) is 7.29. The van der Waals surface area contributed by atoms with E-state index in [2.05, 4.69) is 17.4 Å². The van der Waals surface area contributed by atoms with E-state index < -0.39 is 17.6 Å². The first-order valence-electron chi connectivity index (χ1n) is 17.7. The molecule has 8 nitrogen and oxygen atoms in total. The Morgan fingerprint density at radius 2 is 1.53 bits per heavy atom. The van der Waals surface area contributed by atoms with Crippen LogP contribution >= 0.6 is 0 Å². The van der Waals surface area contributed by atoms with Crippen molar-refractivity contribution in [2.45, 2.75) is 103 Å². The molecule has 3 aromatic carbocycles. The highest BCUT2D eigenvalue weighted by molar-refractivity contribution is 6.03. The Morgan fingerprint density at radius 1 is 0.898 bits per heavy atom. The van der Waals surface area contributed by atoms with E-state index in [0.29, 0.717) is 31.4 Å². The van der Waals surface area contributed by atoms with Gasteiger partial charge in [0.25, 0.3) is 0 Å². The van der Waals surface area contributed by atoms with Crippen molar-refractivity contribution in [3.05, 3.63) is 102 Å². The summed E-state index contributed by atoms with van der Waals surface area (Å²) in [5, 5.41) is 3.06. The Morgan fingerprint density at radius 3 is 2.20 bits per heavy atom. The van der Waals surface area contributed by atoms with Gasteiger partial charge in [-0.3, -0.25) is 24.1 Å². The van der Waals surface area contributed by atoms with Gasteiger partial charge in [0, 0.05) is 12.1 Å². The average molecular weight is 667 g/mol. The smallest absolute Gasteiger partial charge is 0.326 e. The van der Waals surface area contributed by atoms with Gasteiger partial charge in [0.2, 0.25) is 11.8 Å². The second kappa shape index (κ2) is 16.3. The monoisotopic (exact) mass is 666 g/mol. The lowest BCUT2D eigenvalue weighted by atomic mass is 9.73. The summed E-state index contributed by atoms with van der Waals surface area (Å²) >= 11 is 0. The number of benzene rings is 3. The van der Waals surface area contributed by atoms with Gasteiger partial charge in [-0.15, -0.1) is 0 Å². The molecule has 0 spiro atoms. The number of hydrogen-bond acceptors (Lipinski definition) is 6. The molecule has 1 aliphatic heterocycles. The van der Waals surface area contributed by atoms with Crippen LogP contribution in [0.2, 0.25) is 0 Å². The standard InChI is InChI=1S/C41H50N2O6/c1-40(2,3)49-39(47)33(21-20-30-14-6-4-7-15-30)26-41(24-12-13-25-41)27-36(44)42-34-23-22-32-18-10-11-19-35(32)43(38(34)46)28-37(45)48-29-31-16-8-5-9-17-31/h4-11,14-19,33-34H,12-13,20-29H2,1-3H3,(H,42,44). The summed E-state index contributed by atoms with van der Waals surface area (Å²) in [7, 11) is 0. The molecule has 1 saturated carbocycles. The van der Waals surface area contributed by atoms with Crippen LogP contribution in [0.5, 0.6) is 0 Å². The van der Waals surface area contributed by atoms with E-state index >= 15 is 0 Å². The molecular weight excluding hydrogens is 616 g/mol. The van der Waals surface area contributed by atoms with Gasteiger partial charge in [0.1, 0.15) is 24.8 Å². The van der Waals surface area contributed by atoms with E-state index in [9.17, 15) is 19.2 Å². The van der Waals surface area contributed by atoms with Crippen LogP contribution in [-0.2, 0) is 48.1 Å². The number of carbonyl (C=O) groups excluding carboxylic acids is 4. The molecule has 2 unspecified atom stereocenters. The van der Waals surface area contributed by atoms with Crippen molar-refractivity contribution in [3.8, 4) is 0 Å². The number of nitrogens with one attached hydrogen (secondary N) is 1. The maximum absolute atomic E-state index is 14.0. The molecule has 2 aliphatic rings. The van der Waals surface area contributed by atoms with E-state index in [1.165, 1.54) is 4.90 Å². The maximum atomic E-state index is 14.0. The number of carbonyl (C=O) groups is 4. The highest BCUT2D eigenvalue weighted by atomic mass is 16.6. The van der Waals surface area contributed by atoms with Crippen molar-refractivity contribution >= 4 is 29.4 Å². The average Bonchev–Trinajstić information content (AvgIpc) is 3.49. The van der Waals surface area contributed by atoms with E-state index in [1.807, 2.05) is 93.6 Å². The number of amides is 2. The van der Waals surface area contributed by atoms with Crippen molar-refractivity contribution in [2.75, 3.05) is 11.4 Å². The minimum Gasteiger partial charge on any atom is -0.460 e. The van der Waals surface area contributed by atoms with Gasteiger partial charge < -0.3 is 14.8 Å². The molecule has 1 fully saturated rings. The number of anilines is 1. The van der Waals surface area contributed by atoms with E-state index in [0.717, 1.165) is 48.8 Å². The summed E-state index contributed by atoms with van der Waals surface area (Å²) < 4.78 is 11.4. The summed E-state index contributed by atoms with van der Waals surface area (Å²) in [6, 6.07) is 26.3. The Balaban J connectivity index is 1.28. The van der Waals surface area contributed by atoms with Crippen LogP contribution in [0.25, 0.3) is 0 Å². The Hall–Kier alpha value is -4.46. The summed E-state index contributed by atoms with van der Waals surface area (Å²) in [5.41, 5.74) is 2.65. The number of rotatable bonds is 13. The Labute approximate surface area is 290 Å². The zero-order valence-electron chi connectivity index (χ0n) is 29.1. The van der Waals surface area contributed by atoms with Crippen molar-refractivity contribution in [2.24, 2.45) is 11.3 Å². The molecule has 1 aliphatic carbocycles. The molecule has 1 N–H and O–H groups in total. The zero-order chi connectivity index (χ0) is 34.9. The Kier molecular flexibility index (Phi) is 11.9. The van der Waals surface area contributed by atoms with Crippen LogP contribution in [0.15, 0.2) is 84.9 Å². The van der Waals surface area contributed by atoms with Crippen molar-refractivity contribution in [3.63, 3.8) is 0 Å². The molecule has 49 heavy (non-hydrogen) atoms. The second-order valence-electron chi connectivity index (χ2n) is 14.7. The normalized spacial score (nSPS) is 17.8. The van der Waals surface area contributed by atoms with Crippen molar-refractivity contribution < 1.29 is 28.7 Å². The van der Waals surface area contributed by atoms with E-state index in [1.54, 1.807) is 0 Å². The first kappa shape index (κ1) is 35.8. The largest absolute Gasteiger partial charge is 0.460 e. The highest BCUT2D eigenvalue weighted by Gasteiger charge is 2.42.